The normalized spacial score (nSPS) is 19.8. The zero-order valence-corrected chi connectivity index (χ0v) is 13.5. The van der Waals surface area contributed by atoms with Crippen LogP contribution in [-0.2, 0) is 10.2 Å². The molecule has 1 aromatic carbocycles. The smallest absolute Gasteiger partial charge is 0.317 e. The molecule has 1 fully saturated rings. The predicted octanol–water partition coefficient (Wildman–Crippen LogP) is 1.87. The first-order chi connectivity index (χ1) is 10.3. The van der Waals surface area contributed by atoms with Gasteiger partial charge in [-0.05, 0) is 18.9 Å². The Balaban J connectivity index is 1.98. The maximum absolute atomic E-state index is 12.4. The van der Waals surface area contributed by atoms with Gasteiger partial charge in [-0.25, -0.2) is 4.79 Å². The molecule has 0 bridgehead atoms. The third-order valence-corrected chi connectivity index (χ3v) is 4.82. The van der Waals surface area contributed by atoms with E-state index < -0.39 is 0 Å². The summed E-state index contributed by atoms with van der Waals surface area (Å²) in [6.45, 7) is 7.23. The van der Waals surface area contributed by atoms with Gasteiger partial charge in [0, 0.05) is 24.5 Å². The lowest BCUT2D eigenvalue weighted by Gasteiger charge is -2.34. The second kappa shape index (κ2) is 6.38. The first kappa shape index (κ1) is 16.3. The second-order valence-corrected chi connectivity index (χ2v) is 6.59. The van der Waals surface area contributed by atoms with E-state index in [-0.39, 0.29) is 29.3 Å². The number of likely N-dealkylation sites (tertiary alicyclic amines) is 1. The van der Waals surface area contributed by atoms with Crippen LogP contribution in [0.4, 0.5) is 4.79 Å². The fourth-order valence-corrected chi connectivity index (χ4v) is 2.75. The molecule has 1 aliphatic rings. The van der Waals surface area contributed by atoms with Crippen LogP contribution in [0.2, 0.25) is 0 Å². The van der Waals surface area contributed by atoms with Gasteiger partial charge in [-0.3, -0.25) is 4.79 Å². The quantitative estimate of drug-likeness (QED) is 0.891. The fraction of sp³-hybridized carbons (Fsp3) is 0.529. The van der Waals surface area contributed by atoms with Crippen molar-refractivity contribution in [2.75, 3.05) is 13.1 Å². The molecule has 0 radical (unpaired) electrons. The molecule has 5 nitrogen and oxygen atoms in total. The number of rotatable bonds is 4. The number of hydrogen-bond acceptors (Lipinski definition) is 2. The number of primary amides is 1. The third kappa shape index (κ3) is 3.40. The molecule has 0 spiro atoms. The molecule has 120 valence electrons. The van der Waals surface area contributed by atoms with Crippen LogP contribution in [0.15, 0.2) is 30.3 Å². The summed E-state index contributed by atoms with van der Waals surface area (Å²) in [7, 11) is 0. The van der Waals surface area contributed by atoms with Crippen molar-refractivity contribution in [2.45, 2.75) is 38.6 Å². The summed E-state index contributed by atoms with van der Waals surface area (Å²) in [4.78, 5) is 25.2. The minimum Gasteiger partial charge on any atom is -0.369 e. The lowest BCUT2D eigenvalue weighted by atomic mass is 9.78. The van der Waals surface area contributed by atoms with E-state index in [9.17, 15) is 9.59 Å². The Morgan fingerprint density at radius 2 is 1.95 bits per heavy atom. The fourth-order valence-electron chi connectivity index (χ4n) is 2.75. The molecule has 2 rings (SSSR count). The van der Waals surface area contributed by atoms with E-state index in [1.165, 1.54) is 5.56 Å². The number of carbonyl (C=O) groups excluding carboxylic acids is 2. The van der Waals surface area contributed by atoms with E-state index in [0.717, 1.165) is 0 Å². The van der Waals surface area contributed by atoms with Crippen LogP contribution in [0.25, 0.3) is 0 Å². The minimum atomic E-state index is -0.326. The highest BCUT2D eigenvalue weighted by Crippen LogP contribution is 2.27. The molecule has 5 heteroatoms. The average Bonchev–Trinajstić information content (AvgIpc) is 2.98. The summed E-state index contributed by atoms with van der Waals surface area (Å²) < 4.78 is 0. The van der Waals surface area contributed by atoms with Gasteiger partial charge in [0.15, 0.2) is 0 Å². The van der Waals surface area contributed by atoms with Crippen molar-refractivity contribution in [2.24, 2.45) is 11.7 Å². The van der Waals surface area contributed by atoms with Crippen LogP contribution in [0.1, 0.15) is 32.8 Å². The van der Waals surface area contributed by atoms with Crippen molar-refractivity contribution < 1.29 is 9.59 Å². The summed E-state index contributed by atoms with van der Waals surface area (Å²) in [5.41, 5.74) is 6.31. The van der Waals surface area contributed by atoms with Crippen molar-refractivity contribution >= 4 is 11.9 Å². The molecule has 0 unspecified atom stereocenters. The number of nitrogens with two attached hydrogens (primary N) is 1. The van der Waals surface area contributed by atoms with Crippen LogP contribution >= 0.6 is 0 Å². The van der Waals surface area contributed by atoms with Gasteiger partial charge in [0.05, 0.1) is 5.92 Å². The van der Waals surface area contributed by atoms with Crippen LogP contribution in [0, 0.1) is 5.92 Å². The Morgan fingerprint density at radius 1 is 1.32 bits per heavy atom. The van der Waals surface area contributed by atoms with Crippen molar-refractivity contribution in [3.63, 3.8) is 0 Å². The van der Waals surface area contributed by atoms with E-state index in [1.807, 2.05) is 25.1 Å². The van der Waals surface area contributed by atoms with Crippen molar-refractivity contribution in [1.82, 2.24) is 10.2 Å². The molecule has 1 aromatic rings. The van der Waals surface area contributed by atoms with Crippen LogP contribution in [-0.4, -0.2) is 36.0 Å². The first-order valence-corrected chi connectivity index (χ1v) is 7.72. The van der Waals surface area contributed by atoms with E-state index >= 15 is 0 Å². The summed E-state index contributed by atoms with van der Waals surface area (Å²) in [5.74, 6) is -0.545. The molecule has 3 N–H and O–H groups in total. The molecule has 0 aliphatic carbocycles. The summed E-state index contributed by atoms with van der Waals surface area (Å²) in [6.07, 6.45) is 0.652. The van der Waals surface area contributed by atoms with Crippen LogP contribution in [0.3, 0.4) is 0 Å². The average molecular weight is 303 g/mol. The molecule has 0 saturated carbocycles. The molecule has 3 amide bonds. The van der Waals surface area contributed by atoms with Gasteiger partial charge in [0.2, 0.25) is 5.91 Å². The molecule has 22 heavy (non-hydrogen) atoms. The monoisotopic (exact) mass is 303 g/mol. The number of urea groups is 1. The van der Waals surface area contributed by atoms with Gasteiger partial charge >= 0.3 is 6.03 Å². The van der Waals surface area contributed by atoms with E-state index in [1.54, 1.807) is 4.90 Å². The number of nitrogens with one attached hydrogen (secondary N) is 1. The lowest BCUT2D eigenvalue weighted by Crippen LogP contribution is -2.50. The number of benzene rings is 1. The van der Waals surface area contributed by atoms with Crippen molar-refractivity contribution in [1.29, 1.82) is 0 Å². The molecule has 0 aromatic heterocycles. The number of amides is 3. The summed E-state index contributed by atoms with van der Waals surface area (Å²) in [5, 5.41) is 3.05. The highest BCUT2D eigenvalue weighted by Gasteiger charge is 2.33. The van der Waals surface area contributed by atoms with E-state index in [4.69, 9.17) is 5.73 Å². The standard InChI is InChI=1S/C17H25N3O2/c1-12(17(2,3)14-7-5-4-6-8-14)19-16(22)20-10-9-13(11-20)15(18)21/h4-8,12-13H,9-11H2,1-3H3,(H2,18,21)(H,19,22)/t12-,13+/m0/s1. The molecule has 1 heterocycles. The Labute approximate surface area is 131 Å². The van der Waals surface area contributed by atoms with Gasteiger partial charge < -0.3 is 16.0 Å². The Bertz CT molecular complexity index is 542. The van der Waals surface area contributed by atoms with E-state index in [2.05, 4.69) is 31.3 Å². The first-order valence-electron chi connectivity index (χ1n) is 7.72. The Kier molecular flexibility index (Phi) is 4.74. The third-order valence-electron chi connectivity index (χ3n) is 4.82. The Morgan fingerprint density at radius 3 is 2.50 bits per heavy atom. The summed E-state index contributed by atoms with van der Waals surface area (Å²) in [6, 6.07) is 9.98. The van der Waals surface area contributed by atoms with Gasteiger partial charge in [0.1, 0.15) is 0 Å². The number of carbonyl (C=O) groups is 2. The van der Waals surface area contributed by atoms with Crippen LogP contribution in [0.5, 0.6) is 0 Å². The molecular formula is C17H25N3O2. The topological polar surface area (TPSA) is 75.4 Å². The molecule has 1 saturated heterocycles. The van der Waals surface area contributed by atoms with Crippen molar-refractivity contribution in [3.05, 3.63) is 35.9 Å². The van der Waals surface area contributed by atoms with E-state index in [0.29, 0.717) is 19.5 Å². The minimum absolute atomic E-state index is 0.0324. The largest absolute Gasteiger partial charge is 0.369 e. The molecule has 1 aliphatic heterocycles. The van der Waals surface area contributed by atoms with Gasteiger partial charge in [-0.1, -0.05) is 44.2 Å². The Hall–Kier alpha value is -2.04. The molecular weight excluding hydrogens is 278 g/mol. The highest BCUT2D eigenvalue weighted by atomic mass is 16.2. The molecule has 2 atom stereocenters. The maximum Gasteiger partial charge on any atom is 0.317 e. The predicted molar refractivity (Wildman–Crippen MR) is 86.3 cm³/mol. The zero-order valence-electron chi connectivity index (χ0n) is 13.5. The SMILES string of the molecule is C[C@H](NC(=O)N1CC[C@@H](C(N)=O)C1)C(C)(C)c1ccccc1. The van der Waals surface area contributed by atoms with Gasteiger partial charge in [-0.2, -0.15) is 0 Å². The number of nitrogens with zero attached hydrogens (tertiary/aromatic N) is 1. The summed E-state index contributed by atoms with van der Waals surface area (Å²) >= 11 is 0. The maximum atomic E-state index is 12.4. The zero-order chi connectivity index (χ0) is 16.3. The van der Waals surface area contributed by atoms with Crippen molar-refractivity contribution in [3.8, 4) is 0 Å². The van der Waals surface area contributed by atoms with Crippen LogP contribution < -0.4 is 11.1 Å². The second-order valence-electron chi connectivity index (χ2n) is 6.59. The number of hydrogen-bond donors (Lipinski definition) is 2. The highest BCUT2D eigenvalue weighted by molar-refractivity contribution is 5.80. The lowest BCUT2D eigenvalue weighted by molar-refractivity contribution is -0.121. The van der Waals surface area contributed by atoms with Gasteiger partial charge in [0.25, 0.3) is 0 Å². The van der Waals surface area contributed by atoms with Gasteiger partial charge in [-0.15, -0.1) is 0 Å².